The molecule has 3 nitrogen and oxygen atoms in total. The van der Waals surface area contributed by atoms with Crippen molar-refractivity contribution < 1.29 is 13.2 Å². The van der Waals surface area contributed by atoms with E-state index in [4.69, 9.17) is 11.6 Å². The highest BCUT2D eigenvalue weighted by Crippen LogP contribution is 2.49. The van der Waals surface area contributed by atoms with Gasteiger partial charge in [-0.1, -0.05) is 11.6 Å². The van der Waals surface area contributed by atoms with Crippen LogP contribution in [0.5, 0.6) is 0 Å². The average Bonchev–Trinajstić information content (AvgIpc) is 2.36. The second-order valence-corrected chi connectivity index (χ2v) is 6.25. The smallest absolute Gasteiger partial charge is 0.269 e. The zero-order chi connectivity index (χ0) is 16.8. The van der Waals surface area contributed by atoms with E-state index in [1.807, 2.05) is 0 Å². The van der Waals surface area contributed by atoms with Crippen molar-refractivity contribution in [1.82, 2.24) is 9.55 Å². The van der Waals surface area contributed by atoms with Gasteiger partial charge in [0.05, 0.1) is 11.6 Å². The molecular formula is C16H14ClF3N2O. The van der Waals surface area contributed by atoms with Crippen molar-refractivity contribution in [2.45, 2.75) is 31.9 Å². The second-order valence-electron chi connectivity index (χ2n) is 5.81. The number of hydrogen-bond acceptors (Lipinski definition) is 2. The van der Waals surface area contributed by atoms with Crippen LogP contribution in [0, 0.1) is 12.8 Å². The molecule has 122 valence electrons. The summed E-state index contributed by atoms with van der Waals surface area (Å²) in [5.41, 5.74) is 0.758. The zero-order valence-corrected chi connectivity index (χ0v) is 13.0. The minimum absolute atomic E-state index is 0.0347. The number of aromatic nitrogens is 2. The first kappa shape index (κ1) is 16.1. The Morgan fingerprint density at radius 1 is 1.22 bits per heavy atom. The molecule has 0 radical (unpaired) electrons. The van der Waals surface area contributed by atoms with Crippen LogP contribution in [0.2, 0.25) is 5.02 Å². The molecule has 1 saturated carbocycles. The van der Waals surface area contributed by atoms with Gasteiger partial charge in [0, 0.05) is 22.7 Å². The van der Waals surface area contributed by atoms with E-state index in [1.165, 1.54) is 10.6 Å². The van der Waals surface area contributed by atoms with Crippen LogP contribution in [-0.2, 0) is 0 Å². The first-order valence-corrected chi connectivity index (χ1v) is 7.57. The van der Waals surface area contributed by atoms with Gasteiger partial charge in [-0.05, 0) is 44.0 Å². The molecule has 0 unspecified atom stereocenters. The lowest BCUT2D eigenvalue weighted by Gasteiger charge is -2.37. The van der Waals surface area contributed by atoms with E-state index in [0.29, 0.717) is 22.2 Å². The van der Waals surface area contributed by atoms with Gasteiger partial charge in [-0.2, -0.15) is 13.2 Å². The van der Waals surface area contributed by atoms with Crippen molar-refractivity contribution in [2.24, 2.45) is 5.92 Å². The van der Waals surface area contributed by atoms with Gasteiger partial charge in [-0.15, -0.1) is 0 Å². The number of halogens is 4. The molecule has 1 aliphatic carbocycles. The third-order valence-electron chi connectivity index (χ3n) is 4.12. The highest BCUT2D eigenvalue weighted by molar-refractivity contribution is 6.30. The van der Waals surface area contributed by atoms with Crippen LogP contribution in [-0.4, -0.2) is 15.7 Å². The third kappa shape index (κ3) is 3.13. The molecule has 0 bridgehead atoms. The SMILES string of the molecule is Cc1cc(=O)n(-c2ccc(Cl)cc2)c(C2CC(C(F)(F)F)C2)n1. The maximum Gasteiger partial charge on any atom is 0.391 e. The number of benzene rings is 1. The van der Waals surface area contributed by atoms with Crippen LogP contribution >= 0.6 is 11.6 Å². The molecule has 1 aromatic carbocycles. The normalized spacial score (nSPS) is 21.1. The summed E-state index contributed by atoms with van der Waals surface area (Å²) < 4.78 is 39.5. The Labute approximate surface area is 135 Å². The standard InChI is InChI=1S/C16H14ClF3N2O/c1-9-6-14(23)22(13-4-2-12(17)3-5-13)15(21-9)10-7-11(8-10)16(18,19)20/h2-6,10-11H,7-8H2,1H3. The molecule has 0 aliphatic heterocycles. The lowest BCUT2D eigenvalue weighted by atomic mass is 9.74. The monoisotopic (exact) mass is 342 g/mol. The third-order valence-corrected chi connectivity index (χ3v) is 4.38. The van der Waals surface area contributed by atoms with Gasteiger partial charge in [0.1, 0.15) is 5.82 Å². The van der Waals surface area contributed by atoms with Crippen LogP contribution in [0.3, 0.4) is 0 Å². The van der Waals surface area contributed by atoms with Gasteiger partial charge in [0.25, 0.3) is 5.56 Å². The van der Waals surface area contributed by atoms with Crippen molar-refractivity contribution in [1.29, 1.82) is 0 Å². The van der Waals surface area contributed by atoms with Crippen molar-refractivity contribution in [3.05, 3.63) is 57.2 Å². The zero-order valence-electron chi connectivity index (χ0n) is 12.3. The number of aryl methyl sites for hydroxylation is 1. The Bertz CT molecular complexity index is 777. The van der Waals surface area contributed by atoms with Gasteiger partial charge in [-0.25, -0.2) is 4.98 Å². The molecule has 0 atom stereocenters. The number of rotatable bonds is 2. The topological polar surface area (TPSA) is 34.9 Å². The largest absolute Gasteiger partial charge is 0.391 e. The maximum absolute atomic E-state index is 12.7. The van der Waals surface area contributed by atoms with Gasteiger partial charge >= 0.3 is 6.18 Å². The summed E-state index contributed by atoms with van der Waals surface area (Å²) >= 11 is 5.85. The lowest BCUT2D eigenvalue weighted by molar-refractivity contribution is -0.198. The fourth-order valence-electron chi connectivity index (χ4n) is 2.84. The molecule has 1 aromatic heterocycles. The molecule has 23 heavy (non-hydrogen) atoms. The molecular weight excluding hydrogens is 329 g/mol. The Hall–Kier alpha value is -1.82. The van der Waals surface area contributed by atoms with Crippen LogP contribution in [0.25, 0.3) is 5.69 Å². The summed E-state index contributed by atoms with van der Waals surface area (Å²) in [5.74, 6) is -1.30. The minimum Gasteiger partial charge on any atom is -0.269 e. The molecule has 3 rings (SSSR count). The first-order chi connectivity index (χ1) is 10.8. The van der Waals surface area contributed by atoms with E-state index in [0.717, 1.165) is 0 Å². The Morgan fingerprint density at radius 2 is 1.83 bits per heavy atom. The van der Waals surface area contributed by atoms with Gasteiger partial charge in [0.2, 0.25) is 0 Å². The van der Waals surface area contributed by atoms with Crippen molar-refractivity contribution in [3.63, 3.8) is 0 Å². The maximum atomic E-state index is 12.7. The summed E-state index contributed by atoms with van der Waals surface area (Å²) in [6, 6.07) is 7.95. The van der Waals surface area contributed by atoms with Crippen LogP contribution in [0.4, 0.5) is 13.2 Å². The van der Waals surface area contributed by atoms with Crippen LogP contribution < -0.4 is 5.56 Å². The molecule has 1 fully saturated rings. The average molecular weight is 343 g/mol. The van der Waals surface area contributed by atoms with Crippen LogP contribution in [0.15, 0.2) is 35.1 Å². The predicted molar refractivity (Wildman–Crippen MR) is 81.1 cm³/mol. The highest BCUT2D eigenvalue weighted by atomic mass is 35.5. The minimum atomic E-state index is -4.19. The van der Waals surface area contributed by atoms with Crippen molar-refractivity contribution >= 4 is 11.6 Å². The lowest BCUT2D eigenvalue weighted by Crippen LogP contribution is -2.37. The molecule has 0 N–H and O–H groups in total. The highest BCUT2D eigenvalue weighted by Gasteiger charge is 2.49. The molecule has 1 aliphatic rings. The number of hydrogen-bond donors (Lipinski definition) is 0. The quantitative estimate of drug-likeness (QED) is 0.817. The summed E-state index contributed by atoms with van der Waals surface area (Å²) in [6.45, 7) is 1.66. The van der Waals surface area contributed by atoms with Crippen molar-refractivity contribution in [2.75, 3.05) is 0 Å². The molecule has 1 heterocycles. The van der Waals surface area contributed by atoms with E-state index in [-0.39, 0.29) is 24.3 Å². The second kappa shape index (κ2) is 5.67. The van der Waals surface area contributed by atoms with Gasteiger partial charge in [-0.3, -0.25) is 9.36 Å². The fourth-order valence-corrected chi connectivity index (χ4v) is 2.96. The van der Waals surface area contributed by atoms with Gasteiger partial charge in [0.15, 0.2) is 0 Å². The van der Waals surface area contributed by atoms with E-state index in [2.05, 4.69) is 4.98 Å². The summed E-state index contributed by atoms with van der Waals surface area (Å²) in [6.07, 6.45) is -4.26. The van der Waals surface area contributed by atoms with E-state index >= 15 is 0 Å². The van der Waals surface area contributed by atoms with Crippen LogP contribution in [0.1, 0.15) is 30.3 Å². The van der Waals surface area contributed by atoms with Gasteiger partial charge < -0.3 is 0 Å². The molecule has 7 heteroatoms. The fraction of sp³-hybridized carbons (Fsp3) is 0.375. The number of alkyl halides is 3. The Morgan fingerprint density at radius 3 is 2.39 bits per heavy atom. The number of nitrogens with zero attached hydrogens (tertiary/aromatic N) is 2. The molecule has 0 amide bonds. The first-order valence-electron chi connectivity index (χ1n) is 7.19. The predicted octanol–water partition coefficient (Wildman–Crippen LogP) is 4.25. The molecule has 0 spiro atoms. The van der Waals surface area contributed by atoms with E-state index in [1.54, 1.807) is 31.2 Å². The Kier molecular flexibility index (Phi) is 3.96. The van der Waals surface area contributed by atoms with E-state index in [9.17, 15) is 18.0 Å². The summed E-state index contributed by atoms with van der Waals surface area (Å²) in [5, 5.41) is 0.518. The summed E-state index contributed by atoms with van der Waals surface area (Å²) in [7, 11) is 0. The molecule has 2 aromatic rings. The summed E-state index contributed by atoms with van der Waals surface area (Å²) in [4.78, 5) is 16.7. The van der Waals surface area contributed by atoms with E-state index < -0.39 is 12.1 Å². The molecule has 0 saturated heterocycles. The Balaban J connectivity index is 2.01. The van der Waals surface area contributed by atoms with Crippen molar-refractivity contribution in [3.8, 4) is 5.69 Å².